The Balaban J connectivity index is 1.16. The van der Waals surface area contributed by atoms with Gasteiger partial charge in [0.1, 0.15) is 11.5 Å². The van der Waals surface area contributed by atoms with Gasteiger partial charge in [-0.05, 0) is 98.2 Å². The van der Waals surface area contributed by atoms with E-state index < -0.39 is 11.9 Å². The number of nitrogens with zero attached hydrogens (tertiary/aromatic N) is 2. The van der Waals surface area contributed by atoms with Crippen LogP contribution in [0.5, 0.6) is 46.0 Å². The van der Waals surface area contributed by atoms with Crippen molar-refractivity contribution in [3.63, 3.8) is 0 Å². The van der Waals surface area contributed by atoms with Crippen LogP contribution in [0, 0.1) is 0 Å². The first kappa shape index (κ1) is 101. The monoisotopic (exact) mass is 1620 g/mol. The minimum absolute atomic E-state index is 0.369. The second-order valence-electron chi connectivity index (χ2n) is 32.6. The Kier molecular flexibility index (Phi) is 61.9. The summed E-state index contributed by atoms with van der Waals surface area (Å²) in [6, 6.07) is 22.8. The second-order valence-corrected chi connectivity index (χ2v) is 32.6. The molecule has 16 nitrogen and oxygen atoms in total. The van der Waals surface area contributed by atoms with Crippen molar-refractivity contribution in [3.8, 4) is 46.0 Å². The van der Waals surface area contributed by atoms with Gasteiger partial charge in [0, 0.05) is 39.3 Å². The molecule has 1 saturated heterocycles. The molecule has 0 amide bonds. The second kappa shape index (κ2) is 71.1. The van der Waals surface area contributed by atoms with E-state index in [0.29, 0.717) is 189 Å². The number of ether oxygens (including phenoxy) is 12. The summed E-state index contributed by atoms with van der Waals surface area (Å²) in [6.45, 7) is 24.9. The molecule has 0 aromatic heterocycles. The van der Waals surface area contributed by atoms with Gasteiger partial charge in [0.05, 0.1) is 104 Å². The van der Waals surface area contributed by atoms with Gasteiger partial charge in [0.25, 0.3) is 0 Å². The Morgan fingerprint density at radius 3 is 0.672 bits per heavy atom. The van der Waals surface area contributed by atoms with Gasteiger partial charge >= 0.3 is 11.9 Å². The normalized spacial score (nSPS) is 13.8. The van der Waals surface area contributed by atoms with Crippen molar-refractivity contribution >= 4 is 11.9 Å². The summed E-state index contributed by atoms with van der Waals surface area (Å²) < 4.78 is 76.5. The van der Waals surface area contributed by atoms with Crippen LogP contribution in [-0.2, 0) is 32.0 Å². The molecule has 1 aliphatic heterocycles. The molecule has 1 aliphatic rings. The lowest BCUT2D eigenvalue weighted by molar-refractivity contribution is 0.00624. The number of hydrogen-bond acceptors (Lipinski definition) is 16. The average molecular weight is 1620 g/mol. The summed E-state index contributed by atoms with van der Waals surface area (Å²) in [5, 5.41) is 0. The van der Waals surface area contributed by atoms with Gasteiger partial charge in [0.2, 0.25) is 11.5 Å². The van der Waals surface area contributed by atoms with E-state index in [1.54, 1.807) is 24.3 Å². The highest BCUT2D eigenvalue weighted by Crippen LogP contribution is 2.42. The third-order valence-corrected chi connectivity index (χ3v) is 22.1. The van der Waals surface area contributed by atoms with Crippen LogP contribution in [0.2, 0.25) is 0 Å². The molecule has 5 rings (SSSR count). The van der Waals surface area contributed by atoms with Crippen LogP contribution in [0.25, 0.3) is 0 Å². The van der Waals surface area contributed by atoms with Gasteiger partial charge in [-0.1, -0.05) is 335 Å². The molecule has 1 fully saturated rings. The van der Waals surface area contributed by atoms with Crippen molar-refractivity contribution in [1.82, 2.24) is 9.80 Å². The molecule has 0 radical (unpaired) electrons. The Morgan fingerprint density at radius 2 is 0.457 bits per heavy atom. The first-order valence-corrected chi connectivity index (χ1v) is 47.8. The standard InChI is InChI=1S/C100H166N2O14/c1-7-13-19-25-31-37-43-49-67-109-93-81-89(82-94(110-68-50-44-38-32-26-20-14-8-2)97(93)113-71-53-47-41-35-29-23-17-11-5)99(103)115-91-59-55-87(56-60-91)85-101-63-73-105-77-79-107-75-65-102(66-76-108-80-78-106-74-64-101)86-88-57-61-92(62-58-88)116-100(104)90-83-95(111-69-51-45-39-33-27-21-15-9-3)98(114-72-54-48-42-36-30-24-18-12-6)96(84-90)112-70-52-46-40-34-28-22-16-10-4/h55-62,81-84H,7-54,63-80,85-86H2,1-6H3. The lowest BCUT2D eigenvalue weighted by atomic mass is 10.1. The number of benzene rings is 4. The fourth-order valence-corrected chi connectivity index (χ4v) is 14.7. The summed E-state index contributed by atoms with van der Waals surface area (Å²) >= 11 is 0. The number of esters is 2. The van der Waals surface area contributed by atoms with Crippen LogP contribution in [0.15, 0.2) is 72.8 Å². The Hall–Kier alpha value is -5.62. The zero-order chi connectivity index (χ0) is 82.3. The minimum atomic E-state index is -0.473. The van der Waals surface area contributed by atoms with Crippen molar-refractivity contribution in [2.45, 2.75) is 363 Å². The molecular formula is C100H166N2O14. The van der Waals surface area contributed by atoms with E-state index in [2.05, 4.69) is 51.3 Å². The Labute approximate surface area is 707 Å². The van der Waals surface area contributed by atoms with E-state index >= 15 is 0 Å². The van der Waals surface area contributed by atoms with E-state index in [1.807, 2.05) is 48.5 Å². The summed E-state index contributed by atoms with van der Waals surface area (Å²) in [6.07, 6.45) is 57.8. The van der Waals surface area contributed by atoms with E-state index in [0.717, 1.165) is 88.2 Å². The van der Waals surface area contributed by atoms with Crippen molar-refractivity contribution in [1.29, 1.82) is 0 Å². The smallest absolute Gasteiger partial charge is 0.343 e. The van der Waals surface area contributed by atoms with Crippen molar-refractivity contribution < 1.29 is 66.4 Å². The van der Waals surface area contributed by atoms with Gasteiger partial charge in [-0.25, -0.2) is 9.59 Å². The highest BCUT2D eigenvalue weighted by molar-refractivity contribution is 5.93. The minimum Gasteiger partial charge on any atom is -0.490 e. The predicted molar refractivity (Wildman–Crippen MR) is 478 cm³/mol. The topological polar surface area (TPSA) is 151 Å². The van der Waals surface area contributed by atoms with E-state index in [-0.39, 0.29) is 0 Å². The molecular weight excluding hydrogens is 1450 g/mol. The largest absolute Gasteiger partial charge is 0.490 e. The number of carbonyl (C=O) groups excluding carboxylic acids is 2. The predicted octanol–water partition coefficient (Wildman–Crippen LogP) is 26.6. The lowest BCUT2D eigenvalue weighted by Crippen LogP contribution is -2.32. The van der Waals surface area contributed by atoms with Crippen LogP contribution in [0.4, 0.5) is 0 Å². The van der Waals surface area contributed by atoms with Crippen LogP contribution in [0.1, 0.15) is 382 Å². The molecule has 0 unspecified atom stereocenters. The molecule has 0 bridgehead atoms. The number of unbranched alkanes of at least 4 members (excludes halogenated alkanes) is 42. The molecule has 0 aliphatic carbocycles. The molecule has 0 saturated carbocycles. The Morgan fingerprint density at radius 1 is 0.259 bits per heavy atom. The Bertz CT molecular complexity index is 2660. The molecule has 116 heavy (non-hydrogen) atoms. The lowest BCUT2D eigenvalue weighted by Gasteiger charge is -2.24. The van der Waals surface area contributed by atoms with Crippen molar-refractivity contribution in [2.75, 3.05) is 119 Å². The van der Waals surface area contributed by atoms with E-state index in [1.165, 1.54) is 231 Å². The average Bonchev–Trinajstić information content (AvgIpc) is 0.816. The van der Waals surface area contributed by atoms with Crippen LogP contribution >= 0.6 is 0 Å². The molecule has 660 valence electrons. The van der Waals surface area contributed by atoms with E-state index in [9.17, 15) is 9.59 Å². The molecule has 0 spiro atoms. The summed E-state index contributed by atoms with van der Waals surface area (Å²) in [5.74, 6) is 3.30. The molecule has 0 atom stereocenters. The summed E-state index contributed by atoms with van der Waals surface area (Å²) in [4.78, 5) is 33.2. The molecule has 16 heteroatoms. The van der Waals surface area contributed by atoms with Crippen LogP contribution < -0.4 is 37.9 Å². The molecule has 4 aromatic carbocycles. The highest BCUT2D eigenvalue weighted by atomic mass is 16.6. The number of carbonyl (C=O) groups is 2. The third-order valence-electron chi connectivity index (χ3n) is 22.1. The van der Waals surface area contributed by atoms with Crippen LogP contribution in [-0.4, -0.2) is 140 Å². The number of hydrogen-bond donors (Lipinski definition) is 0. The SMILES string of the molecule is CCCCCCCCCCOc1cc(C(=O)Oc2ccc(CN3CCOCCOCCN(Cc4ccc(OC(=O)c5cc(OCCCCCCCCCC)c(OCCCCCCCCCC)c(OCCCCCCCCCC)c5)cc4)CCOCCOCC3)cc2)cc(OCCCCCCCCCC)c1OCCCCCCCCCC. The van der Waals surface area contributed by atoms with Gasteiger partial charge in [0.15, 0.2) is 23.0 Å². The van der Waals surface area contributed by atoms with Gasteiger partial charge in [-0.3, -0.25) is 9.80 Å². The summed E-state index contributed by atoms with van der Waals surface area (Å²) in [5.41, 5.74) is 2.89. The van der Waals surface area contributed by atoms with Crippen LogP contribution in [0.3, 0.4) is 0 Å². The van der Waals surface area contributed by atoms with E-state index in [4.69, 9.17) is 56.8 Å². The highest BCUT2D eigenvalue weighted by Gasteiger charge is 2.24. The fourth-order valence-electron chi connectivity index (χ4n) is 14.7. The maximum Gasteiger partial charge on any atom is 0.343 e. The summed E-state index contributed by atoms with van der Waals surface area (Å²) in [7, 11) is 0. The molecule has 1 heterocycles. The van der Waals surface area contributed by atoms with Gasteiger partial charge in [-0.2, -0.15) is 0 Å². The quantitative estimate of drug-likeness (QED) is 0.0234. The zero-order valence-electron chi connectivity index (χ0n) is 74.6. The van der Waals surface area contributed by atoms with Crippen molar-refractivity contribution in [3.05, 3.63) is 95.1 Å². The van der Waals surface area contributed by atoms with Crippen molar-refractivity contribution in [2.24, 2.45) is 0 Å². The fraction of sp³-hybridized carbons (Fsp3) is 0.740. The maximum atomic E-state index is 14.3. The molecule has 0 N–H and O–H groups in total. The van der Waals surface area contributed by atoms with Gasteiger partial charge in [-0.15, -0.1) is 0 Å². The zero-order valence-corrected chi connectivity index (χ0v) is 74.6. The first-order chi connectivity index (χ1) is 57.3. The van der Waals surface area contributed by atoms with Gasteiger partial charge < -0.3 is 56.8 Å². The third kappa shape index (κ3) is 49.8. The maximum absolute atomic E-state index is 14.3. The first-order valence-electron chi connectivity index (χ1n) is 47.8. The molecule has 4 aromatic rings. The number of rotatable bonds is 68.